The van der Waals surface area contributed by atoms with Crippen molar-refractivity contribution >= 4 is 5.78 Å². The molecule has 2 nitrogen and oxygen atoms in total. The van der Waals surface area contributed by atoms with Gasteiger partial charge in [0.15, 0.2) is 24.0 Å². The zero-order valence-corrected chi connectivity index (χ0v) is 11.9. The van der Waals surface area contributed by atoms with Crippen molar-refractivity contribution in [3.05, 3.63) is 64.5 Å². The molecule has 20 heavy (non-hydrogen) atoms. The van der Waals surface area contributed by atoms with Gasteiger partial charge in [-0.1, -0.05) is 29.8 Å². The second-order valence-electron chi connectivity index (χ2n) is 4.92. The van der Waals surface area contributed by atoms with Crippen LogP contribution in [0.1, 0.15) is 27.0 Å². The molecule has 0 amide bonds. The van der Waals surface area contributed by atoms with Crippen LogP contribution in [-0.2, 0) is 0 Å². The van der Waals surface area contributed by atoms with E-state index in [0.717, 1.165) is 11.1 Å². The number of rotatable bonds is 4. The number of halogens is 1. The Labute approximate surface area is 118 Å². The van der Waals surface area contributed by atoms with Gasteiger partial charge in [-0.2, -0.15) is 0 Å². The first-order valence-corrected chi connectivity index (χ1v) is 6.47. The molecule has 0 aliphatic rings. The van der Waals surface area contributed by atoms with E-state index >= 15 is 0 Å². The molecule has 0 saturated heterocycles. The predicted molar refractivity (Wildman–Crippen MR) is 76.9 cm³/mol. The van der Waals surface area contributed by atoms with Crippen LogP contribution in [0.25, 0.3) is 0 Å². The fourth-order valence-electron chi connectivity index (χ4n) is 1.99. The maximum absolute atomic E-state index is 13.8. The molecule has 0 fully saturated rings. The van der Waals surface area contributed by atoms with Crippen LogP contribution < -0.4 is 4.74 Å². The van der Waals surface area contributed by atoms with E-state index in [1.54, 1.807) is 19.1 Å². The largest absolute Gasteiger partial charge is 0.482 e. The molecule has 0 aliphatic carbocycles. The molecule has 2 aromatic rings. The maximum Gasteiger partial charge on any atom is 0.200 e. The number of ketones is 1. The Kier molecular flexibility index (Phi) is 4.18. The minimum Gasteiger partial charge on any atom is -0.482 e. The van der Waals surface area contributed by atoms with Gasteiger partial charge in [-0.3, -0.25) is 4.79 Å². The molecule has 2 rings (SSSR count). The summed E-state index contributed by atoms with van der Waals surface area (Å²) in [5.74, 6) is -0.447. The summed E-state index contributed by atoms with van der Waals surface area (Å²) in [6.07, 6.45) is 0. The summed E-state index contributed by atoms with van der Waals surface area (Å²) < 4.78 is 19.1. The molecule has 0 aliphatic heterocycles. The number of benzene rings is 2. The lowest BCUT2D eigenvalue weighted by molar-refractivity contribution is 0.0918. The Morgan fingerprint density at radius 2 is 1.85 bits per heavy atom. The van der Waals surface area contributed by atoms with E-state index in [1.165, 1.54) is 6.07 Å². The Bertz CT molecular complexity index is 647. The van der Waals surface area contributed by atoms with Crippen molar-refractivity contribution in [3.63, 3.8) is 0 Å². The van der Waals surface area contributed by atoms with Crippen LogP contribution in [0.2, 0.25) is 0 Å². The topological polar surface area (TPSA) is 26.3 Å². The summed E-state index contributed by atoms with van der Waals surface area (Å²) in [5, 5.41) is 0. The molecule has 0 unspecified atom stereocenters. The van der Waals surface area contributed by atoms with Crippen LogP contribution in [0.15, 0.2) is 36.4 Å². The number of hydrogen-bond donors (Lipinski definition) is 0. The summed E-state index contributed by atoms with van der Waals surface area (Å²) in [7, 11) is 0. The van der Waals surface area contributed by atoms with Crippen molar-refractivity contribution < 1.29 is 13.9 Å². The highest BCUT2D eigenvalue weighted by atomic mass is 19.1. The van der Waals surface area contributed by atoms with E-state index in [2.05, 4.69) is 0 Å². The molecular weight excluding hydrogens is 255 g/mol. The molecule has 2 aromatic carbocycles. The zero-order valence-electron chi connectivity index (χ0n) is 11.9. The molecule has 0 saturated carbocycles. The number of aryl methyl sites for hydroxylation is 3. The van der Waals surface area contributed by atoms with E-state index in [0.29, 0.717) is 11.1 Å². The van der Waals surface area contributed by atoms with Crippen molar-refractivity contribution in [1.29, 1.82) is 0 Å². The maximum atomic E-state index is 13.8. The minimum atomic E-state index is -0.415. The quantitative estimate of drug-likeness (QED) is 0.786. The average Bonchev–Trinajstić information content (AvgIpc) is 2.43. The fraction of sp³-hybridized carbons (Fsp3) is 0.235. The van der Waals surface area contributed by atoms with Gasteiger partial charge >= 0.3 is 0 Å². The Morgan fingerprint density at radius 3 is 2.60 bits per heavy atom. The van der Waals surface area contributed by atoms with Crippen LogP contribution in [0.5, 0.6) is 5.75 Å². The van der Waals surface area contributed by atoms with Crippen molar-refractivity contribution in [2.24, 2.45) is 0 Å². The molecule has 104 valence electrons. The molecule has 0 spiro atoms. The van der Waals surface area contributed by atoms with Crippen molar-refractivity contribution in [3.8, 4) is 5.75 Å². The second-order valence-corrected chi connectivity index (χ2v) is 4.92. The first-order valence-electron chi connectivity index (χ1n) is 6.47. The summed E-state index contributed by atoms with van der Waals surface area (Å²) in [6, 6.07) is 10.6. The average molecular weight is 272 g/mol. The third-order valence-electron chi connectivity index (χ3n) is 3.21. The summed E-state index contributed by atoms with van der Waals surface area (Å²) >= 11 is 0. The lowest BCUT2D eigenvalue weighted by Crippen LogP contribution is -2.14. The number of hydrogen-bond acceptors (Lipinski definition) is 2. The van der Waals surface area contributed by atoms with Gasteiger partial charge in [-0.05, 0) is 44.0 Å². The molecular formula is C17H17FO2. The van der Waals surface area contributed by atoms with E-state index < -0.39 is 5.82 Å². The van der Waals surface area contributed by atoms with Gasteiger partial charge in [-0.15, -0.1) is 0 Å². The summed E-state index contributed by atoms with van der Waals surface area (Å²) in [4.78, 5) is 12.1. The van der Waals surface area contributed by atoms with Gasteiger partial charge in [0.2, 0.25) is 0 Å². The van der Waals surface area contributed by atoms with Gasteiger partial charge in [-0.25, -0.2) is 4.39 Å². The molecule has 0 radical (unpaired) electrons. The smallest absolute Gasteiger partial charge is 0.200 e. The van der Waals surface area contributed by atoms with E-state index in [4.69, 9.17) is 4.74 Å². The monoisotopic (exact) mass is 272 g/mol. The summed E-state index contributed by atoms with van der Waals surface area (Å²) in [6.45, 7) is 5.30. The Balaban J connectivity index is 2.13. The predicted octanol–water partition coefficient (Wildman–Crippen LogP) is 4.01. The van der Waals surface area contributed by atoms with Crippen molar-refractivity contribution in [2.45, 2.75) is 20.8 Å². The third-order valence-corrected chi connectivity index (χ3v) is 3.21. The Morgan fingerprint density at radius 1 is 1.10 bits per heavy atom. The van der Waals surface area contributed by atoms with Crippen molar-refractivity contribution in [2.75, 3.05) is 6.61 Å². The fourth-order valence-corrected chi connectivity index (χ4v) is 1.99. The van der Waals surface area contributed by atoms with E-state index in [-0.39, 0.29) is 18.1 Å². The molecule has 0 atom stereocenters. The normalized spacial score (nSPS) is 10.4. The van der Waals surface area contributed by atoms with Crippen LogP contribution in [0.4, 0.5) is 4.39 Å². The zero-order chi connectivity index (χ0) is 14.7. The molecule has 0 bridgehead atoms. The molecule has 0 N–H and O–H groups in total. The highest BCUT2D eigenvalue weighted by Gasteiger charge is 2.12. The van der Waals surface area contributed by atoms with Crippen LogP contribution in [-0.4, -0.2) is 12.4 Å². The van der Waals surface area contributed by atoms with Gasteiger partial charge < -0.3 is 4.74 Å². The van der Waals surface area contributed by atoms with Gasteiger partial charge in [0, 0.05) is 5.56 Å². The SMILES string of the molecule is Cc1ccc(C)c(C(=O)COc2cccc(C)c2F)c1. The number of ether oxygens (including phenoxy) is 1. The van der Waals surface area contributed by atoms with Crippen LogP contribution >= 0.6 is 0 Å². The highest BCUT2D eigenvalue weighted by molar-refractivity contribution is 5.98. The molecule has 0 heterocycles. The van der Waals surface area contributed by atoms with Crippen LogP contribution in [0.3, 0.4) is 0 Å². The second kappa shape index (κ2) is 5.87. The third kappa shape index (κ3) is 3.05. The first-order chi connectivity index (χ1) is 9.49. The van der Waals surface area contributed by atoms with E-state index in [1.807, 2.05) is 32.0 Å². The van der Waals surface area contributed by atoms with Gasteiger partial charge in [0.25, 0.3) is 0 Å². The molecule has 3 heteroatoms. The number of carbonyl (C=O) groups excluding carboxylic acids is 1. The number of carbonyl (C=O) groups is 1. The minimum absolute atomic E-state index is 0.114. The van der Waals surface area contributed by atoms with Gasteiger partial charge in [0.05, 0.1) is 0 Å². The summed E-state index contributed by atoms with van der Waals surface area (Å²) in [5.41, 5.74) is 3.04. The van der Waals surface area contributed by atoms with E-state index in [9.17, 15) is 9.18 Å². The van der Waals surface area contributed by atoms with Crippen molar-refractivity contribution in [1.82, 2.24) is 0 Å². The van der Waals surface area contributed by atoms with Crippen LogP contribution in [0, 0.1) is 26.6 Å². The standard InChI is InChI=1S/C17H17FO2/c1-11-7-8-12(2)14(9-11)15(19)10-20-16-6-4-5-13(3)17(16)18/h4-9H,10H2,1-3H3. The lowest BCUT2D eigenvalue weighted by atomic mass is 10.0. The van der Waals surface area contributed by atoms with Gasteiger partial charge in [0.1, 0.15) is 0 Å². The Hall–Kier alpha value is -2.16. The molecule has 0 aromatic heterocycles. The number of Topliss-reactive ketones (excluding diaryl/α,β-unsaturated/α-hetero) is 1. The first kappa shape index (κ1) is 14.3. The highest BCUT2D eigenvalue weighted by Crippen LogP contribution is 2.20. The lowest BCUT2D eigenvalue weighted by Gasteiger charge is -2.09.